The summed E-state index contributed by atoms with van der Waals surface area (Å²) in [5.41, 5.74) is 1.90. The van der Waals surface area contributed by atoms with E-state index in [0.717, 1.165) is 56.6 Å². The number of unbranched alkanes of at least 4 members (excludes halogenated alkanes) is 1. The van der Waals surface area contributed by atoms with Crippen molar-refractivity contribution in [2.24, 2.45) is 0 Å². The van der Waals surface area contributed by atoms with Gasteiger partial charge >= 0.3 is 0 Å². The molecule has 3 aromatic rings. The van der Waals surface area contributed by atoms with E-state index in [9.17, 15) is 9.59 Å². The summed E-state index contributed by atoms with van der Waals surface area (Å²) in [6.45, 7) is 6.83. The largest absolute Gasteiger partial charge is 0.478 e. The number of rotatable bonds is 8. The number of halogens is 1. The van der Waals surface area contributed by atoms with Crippen molar-refractivity contribution in [3.63, 3.8) is 0 Å². The second-order valence-corrected chi connectivity index (χ2v) is 8.37. The molecule has 0 saturated carbocycles. The van der Waals surface area contributed by atoms with Crippen molar-refractivity contribution in [1.82, 2.24) is 14.9 Å². The van der Waals surface area contributed by atoms with Crippen LogP contribution in [0.1, 0.15) is 30.1 Å². The number of hydrogen-bond donors (Lipinski definition) is 1. The summed E-state index contributed by atoms with van der Waals surface area (Å²) in [4.78, 5) is 35.0. The number of nitrogens with zero attached hydrogens (tertiary/aromatic N) is 3. The minimum atomic E-state index is -0.170. The summed E-state index contributed by atoms with van der Waals surface area (Å²) in [6, 6.07) is 12.6. The fourth-order valence-electron chi connectivity index (χ4n) is 3.95. The number of H-pyrrole nitrogens is 1. The van der Waals surface area contributed by atoms with Crippen molar-refractivity contribution < 1.29 is 9.53 Å². The van der Waals surface area contributed by atoms with Crippen molar-refractivity contribution in [3.05, 3.63) is 63.4 Å². The Balaban J connectivity index is 1.19. The first-order valence-corrected chi connectivity index (χ1v) is 11.3. The molecular formula is C24H27ClN4O3. The van der Waals surface area contributed by atoms with Gasteiger partial charge in [-0.15, -0.1) is 0 Å². The zero-order chi connectivity index (χ0) is 22.5. The monoisotopic (exact) mass is 454 g/mol. The number of benzene rings is 1. The van der Waals surface area contributed by atoms with Crippen molar-refractivity contribution in [2.75, 3.05) is 44.2 Å². The van der Waals surface area contributed by atoms with Gasteiger partial charge in [0.15, 0.2) is 5.78 Å². The van der Waals surface area contributed by atoms with E-state index in [4.69, 9.17) is 16.3 Å². The van der Waals surface area contributed by atoms with Gasteiger partial charge in [-0.1, -0.05) is 17.7 Å². The molecule has 1 aromatic carbocycles. The van der Waals surface area contributed by atoms with Crippen LogP contribution in [0.5, 0.6) is 5.88 Å². The third kappa shape index (κ3) is 5.29. The molecule has 0 amide bonds. The lowest BCUT2D eigenvalue weighted by Gasteiger charge is -2.36. The smallest absolute Gasteiger partial charge is 0.249 e. The van der Waals surface area contributed by atoms with Gasteiger partial charge in [-0.05, 0) is 50.6 Å². The van der Waals surface area contributed by atoms with Gasteiger partial charge in [0.25, 0.3) is 0 Å². The van der Waals surface area contributed by atoms with E-state index < -0.39 is 0 Å². The Labute approximate surface area is 192 Å². The van der Waals surface area contributed by atoms with E-state index in [1.165, 1.54) is 6.07 Å². The lowest BCUT2D eigenvalue weighted by molar-refractivity contribution is 0.101. The molecule has 1 saturated heterocycles. The van der Waals surface area contributed by atoms with Gasteiger partial charge in [0.2, 0.25) is 11.4 Å². The number of carbonyl (C=O) groups excluding carboxylic acids is 1. The molecular weight excluding hydrogens is 428 g/mol. The van der Waals surface area contributed by atoms with E-state index in [2.05, 4.69) is 19.8 Å². The zero-order valence-electron chi connectivity index (χ0n) is 18.1. The highest BCUT2D eigenvalue weighted by Crippen LogP contribution is 2.30. The second-order valence-electron chi connectivity index (χ2n) is 7.99. The van der Waals surface area contributed by atoms with E-state index in [0.29, 0.717) is 28.7 Å². The minimum Gasteiger partial charge on any atom is -0.478 e. The van der Waals surface area contributed by atoms with E-state index in [-0.39, 0.29) is 11.3 Å². The third-order valence-corrected chi connectivity index (χ3v) is 6.14. The number of piperazine rings is 1. The van der Waals surface area contributed by atoms with Gasteiger partial charge in [-0.3, -0.25) is 14.5 Å². The normalized spacial score (nSPS) is 14.6. The Morgan fingerprint density at radius 1 is 1.09 bits per heavy atom. The van der Waals surface area contributed by atoms with Gasteiger partial charge in [0, 0.05) is 49.3 Å². The lowest BCUT2D eigenvalue weighted by atomic mass is 10.1. The number of hydrogen-bond acceptors (Lipinski definition) is 6. The maximum Gasteiger partial charge on any atom is 0.249 e. The molecule has 0 spiro atoms. The van der Waals surface area contributed by atoms with Crippen LogP contribution in [0.2, 0.25) is 5.02 Å². The summed E-state index contributed by atoms with van der Waals surface area (Å²) in [5.74, 6) is 0.516. The quantitative estimate of drug-likeness (QED) is 0.412. The van der Waals surface area contributed by atoms with Gasteiger partial charge in [0.1, 0.15) is 5.65 Å². The predicted molar refractivity (Wildman–Crippen MR) is 127 cm³/mol. The molecule has 2 aromatic heterocycles. The number of ketones is 1. The maximum absolute atomic E-state index is 11.7. The Kier molecular flexibility index (Phi) is 7.07. The van der Waals surface area contributed by atoms with Crippen LogP contribution >= 0.6 is 11.6 Å². The van der Waals surface area contributed by atoms with Crippen LogP contribution < -0.4 is 15.2 Å². The van der Waals surface area contributed by atoms with Crippen LogP contribution in [0.15, 0.2) is 47.3 Å². The van der Waals surface area contributed by atoms with Crippen molar-refractivity contribution in [3.8, 4) is 5.88 Å². The highest BCUT2D eigenvalue weighted by Gasteiger charge is 2.20. The van der Waals surface area contributed by atoms with Crippen LogP contribution in [0, 0.1) is 0 Å². The molecule has 0 radical (unpaired) electrons. The van der Waals surface area contributed by atoms with Crippen LogP contribution in [-0.2, 0) is 0 Å². The Bertz CT molecular complexity index is 1160. The molecule has 3 heterocycles. The molecule has 7 nitrogen and oxygen atoms in total. The number of aromatic amines is 1. The molecule has 0 aliphatic carbocycles. The first-order chi connectivity index (χ1) is 15.5. The minimum absolute atomic E-state index is 0.00937. The highest BCUT2D eigenvalue weighted by molar-refractivity contribution is 6.36. The number of carbonyl (C=O) groups is 1. The Hall–Kier alpha value is -2.90. The number of pyridine rings is 2. The fourth-order valence-corrected chi connectivity index (χ4v) is 4.33. The standard InChI is InChI=1S/C24H27ClN4O3/c1-17(30)19-5-4-6-20(23(19)25)29-14-12-28(13-15-29)11-2-3-16-32-22-10-8-18-7-9-21(31)26-24(18)27-22/h4-10H,2-3,11-16H2,1H3,(H,26,27,31). The Morgan fingerprint density at radius 2 is 1.88 bits per heavy atom. The van der Waals surface area contributed by atoms with Gasteiger partial charge in [0.05, 0.1) is 17.3 Å². The SMILES string of the molecule is CC(=O)c1cccc(N2CCN(CCCCOc3ccc4ccc(=O)[nH]c4n3)CC2)c1Cl. The number of Topliss-reactive ketones (excluding diaryl/α,β-unsaturated/α-hetero) is 1. The average molecular weight is 455 g/mol. The molecule has 1 fully saturated rings. The Morgan fingerprint density at radius 3 is 2.66 bits per heavy atom. The van der Waals surface area contributed by atoms with Gasteiger partial charge in [-0.2, -0.15) is 4.98 Å². The first-order valence-electron chi connectivity index (χ1n) is 10.9. The lowest BCUT2D eigenvalue weighted by Crippen LogP contribution is -2.46. The molecule has 0 unspecified atom stereocenters. The number of aromatic nitrogens is 2. The summed E-state index contributed by atoms with van der Waals surface area (Å²) in [5, 5.41) is 1.43. The molecule has 0 bridgehead atoms. The number of nitrogens with one attached hydrogen (secondary N) is 1. The highest BCUT2D eigenvalue weighted by atomic mass is 35.5. The predicted octanol–water partition coefficient (Wildman–Crippen LogP) is 3.76. The summed E-state index contributed by atoms with van der Waals surface area (Å²) >= 11 is 6.47. The summed E-state index contributed by atoms with van der Waals surface area (Å²) < 4.78 is 5.76. The van der Waals surface area contributed by atoms with E-state index >= 15 is 0 Å². The van der Waals surface area contributed by atoms with E-state index in [1.807, 2.05) is 24.3 Å². The number of anilines is 1. The summed E-state index contributed by atoms with van der Waals surface area (Å²) in [7, 11) is 0. The molecule has 4 rings (SSSR count). The first kappa shape index (κ1) is 22.3. The molecule has 168 valence electrons. The van der Waals surface area contributed by atoms with Crippen molar-refractivity contribution in [2.45, 2.75) is 19.8 Å². The fraction of sp³-hybridized carbons (Fsp3) is 0.375. The van der Waals surface area contributed by atoms with Gasteiger partial charge in [-0.25, -0.2) is 0 Å². The average Bonchev–Trinajstić information content (AvgIpc) is 2.79. The molecule has 32 heavy (non-hydrogen) atoms. The third-order valence-electron chi connectivity index (χ3n) is 5.75. The van der Waals surface area contributed by atoms with Crippen LogP contribution in [0.4, 0.5) is 5.69 Å². The second kappa shape index (κ2) is 10.1. The molecule has 0 atom stereocenters. The topological polar surface area (TPSA) is 78.5 Å². The maximum atomic E-state index is 11.7. The number of ether oxygens (including phenoxy) is 1. The van der Waals surface area contributed by atoms with Crippen LogP contribution in [-0.4, -0.2) is 60.0 Å². The van der Waals surface area contributed by atoms with Crippen LogP contribution in [0.3, 0.4) is 0 Å². The number of fused-ring (bicyclic) bond motifs is 1. The van der Waals surface area contributed by atoms with Crippen LogP contribution in [0.25, 0.3) is 11.0 Å². The molecule has 8 heteroatoms. The van der Waals surface area contributed by atoms with E-state index in [1.54, 1.807) is 19.1 Å². The molecule has 1 N–H and O–H groups in total. The van der Waals surface area contributed by atoms with Crippen molar-refractivity contribution in [1.29, 1.82) is 0 Å². The zero-order valence-corrected chi connectivity index (χ0v) is 18.9. The molecule has 1 aliphatic rings. The van der Waals surface area contributed by atoms with Gasteiger partial charge < -0.3 is 14.6 Å². The molecule has 1 aliphatic heterocycles. The van der Waals surface area contributed by atoms with Crippen molar-refractivity contribution >= 4 is 34.1 Å². The summed E-state index contributed by atoms with van der Waals surface area (Å²) in [6.07, 6.45) is 1.96.